The van der Waals surface area contributed by atoms with Gasteiger partial charge in [-0.3, -0.25) is 4.79 Å². The molecule has 188 valence electrons. The summed E-state index contributed by atoms with van der Waals surface area (Å²) in [5.41, 5.74) is -0.270. The molecule has 0 bridgehead atoms. The van der Waals surface area contributed by atoms with Crippen molar-refractivity contribution in [2.75, 3.05) is 6.61 Å². The van der Waals surface area contributed by atoms with Crippen LogP contribution >= 0.6 is 0 Å². The predicted molar refractivity (Wildman–Crippen MR) is 129 cm³/mol. The van der Waals surface area contributed by atoms with Gasteiger partial charge in [0.05, 0.1) is 12.8 Å². The van der Waals surface area contributed by atoms with Gasteiger partial charge in [-0.05, 0) is 60.9 Å². The second-order valence-corrected chi connectivity index (χ2v) is 8.50. The monoisotopic (exact) mass is 487 g/mol. The van der Waals surface area contributed by atoms with Crippen LogP contribution in [0.1, 0.15) is 63.5 Å². The molecule has 1 N–H and O–H groups in total. The van der Waals surface area contributed by atoms with E-state index in [2.05, 4.69) is 22.1 Å². The minimum atomic E-state index is -2.95. The molecule has 3 amide bonds. The Labute approximate surface area is 204 Å². The van der Waals surface area contributed by atoms with E-state index in [0.29, 0.717) is 17.7 Å². The summed E-state index contributed by atoms with van der Waals surface area (Å²) in [5, 5.41) is 7.42. The summed E-state index contributed by atoms with van der Waals surface area (Å²) in [6.45, 7) is 1.44. The van der Waals surface area contributed by atoms with Gasteiger partial charge in [-0.15, -0.1) is 5.01 Å². The van der Waals surface area contributed by atoms with Crippen LogP contribution in [0.5, 0.6) is 11.5 Å². The van der Waals surface area contributed by atoms with Gasteiger partial charge < -0.3 is 14.8 Å². The third-order valence-corrected chi connectivity index (χ3v) is 5.80. The standard InChI is InChI=1S/C26H31F2N3O4/c1-3-4-5-6-7-8-17-34-21-13-9-19(10-14-21)18-29-31-23(32)26(2,30-25(31)33)20-11-15-22(16-12-20)35-24(27)28/h9-16,18,24H,3-8,17H2,1-2H3,(H,30,33)/b29-18-/t26-/m0/s1. The van der Waals surface area contributed by atoms with E-state index in [4.69, 9.17) is 4.74 Å². The van der Waals surface area contributed by atoms with E-state index >= 15 is 0 Å². The minimum absolute atomic E-state index is 0.0431. The van der Waals surface area contributed by atoms with E-state index in [1.807, 2.05) is 12.1 Å². The van der Waals surface area contributed by atoms with Crippen molar-refractivity contribution >= 4 is 18.2 Å². The van der Waals surface area contributed by atoms with Gasteiger partial charge in [0.1, 0.15) is 17.0 Å². The fourth-order valence-corrected chi connectivity index (χ4v) is 3.74. The van der Waals surface area contributed by atoms with E-state index in [0.717, 1.165) is 23.6 Å². The number of nitrogens with one attached hydrogen (secondary N) is 1. The van der Waals surface area contributed by atoms with Crippen molar-refractivity contribution in [3.8, 4) is 11.5 Å². The Bertz CT molecular complexity index is 1010. The van der Waals surface area contributed by atoms with Crippen LogP contribution in [0.3, 0.4) is 0 Å². The van der Waals surface area contributed by atoms with Crippen LogP contribution in [0.15, 0.2) is 53.6 Å². The number of carbonyl (C=O) groups excluding carboxylic acids is 2. The van der Waals surface area contributed by atoms with Gasteiger partial charge in [-0.2, -0.15) is 13.9 Å². The van der Waals surface area contributed by atoms with Crippen LogP contribution < -0.4 is 14.8 Å². The van der Waals surface area contributed by atoms with E-state index in [-0.39, 0.29) is 5.75 Å². The number of unbranched alkanes of at least 4 members (excludes halogenated alkanes) is 5. The van der Waals surface area contributed by atoms with Crippen molar-refractivity contribution < 1.29 is 27.8 Å². The molecular formula is C26H31F2N3O4. The van der Waals surface area contributed by atoms with Gasteiger partial charge in [-0.1, -0.05) is 51.2 Å². The SMILES string of the molecule is CCCCCCCCOc1ccc(/C=N\N2C(=O)N[C@@](C)(c3ccc(OC(F)F)cc3)C2=O)cc1. The van der Waals surface area contributed by atoms with Crippen LogP contribution in [0, 0.1) is 0 Å². The van der Waals surface area contributed by atoms with E-state index < -0.39 is 24.1 Å². The van der Waals surface area contributed by atoms with E-state index in [9.17, 15) is 18.4 Å². The highest BCUT2D eigenvalue weighted by Gasteiger charge is 2.49. The number of urea groups is 1. The summed E-state index contributed by atoms with van der Waals surface area (Å²) in [4.78, 5) is 25.4. The molecule has 2 aromatic carbocycles. The van der Waals surface area contributed by atoms with Crippen LogP contribution in [0.2, 0.25) is 0 Å². The highest BCUT2D eigenvalue weighted by Crippen LogP contribution is 2.30. The first-order chi connectivity index (χ1) is 16.8. The molecule has 9 heteroatoms. The predicted octanol–water partition coefficient (Wildman–Crippen LogP) is 5.83. The third-order valence-electron chi connectivity index (χ3n) is 5.80. The second kappa shape index (κ2) is 12.3. The van der Waals surface area contributed by atoms with Crippen molar-refractivity contribution in [2.45, 2.75) is 64.5 Å². The van der Waals surface area contributed by atoms with E-state index in [1.165, 1.54) is 63.1 Å². The van der Waals surface area contributed by atoms with Gasteiger partial charge in [0.15, 0.2) is 0 Å². The molecule has 0 aliphatic carbocycles. The minimum Gasteiger partial charge on any atom is -0.494 e. The van der Waals surface area contributed by atoms with Crippen molar-refractivity contribution in [3.63, 3.8) is 0 Å². The fourth-order valence-electron chi connectivity index (χ4n) is 3.74. The quantitative estimate of drug-likeness (QED) is 0.219. The number of alkyl halides is 2. The Morgan fingerprint density at radius 2 is 1.60 bits per heavy atom. The number of rotatable bonds is 13. The molecule has 1 atom stereocenters. The zero-order chi connectivity index (χ0) is 25.3. The number of imide groups is 1. The average molecular weight is 488 g/mol. The molecule has 2 aromatic rings. The summed E-state index contributed by atoms with van der Waals surface area (Å²) in [5.74, 6) is 0.121. The first kappa shape index (κ1) is 26.1. The number of hydrazone groups is 1. The van der Waals surface area contributed by atoms with Gasteiger partial charge in [0, 0.05) is 0 Å². The van der Waals surface area contributed by atoms with E-state index in [1.54, 1.807) is 12.1 Å². The molecular weight excluding hydrogens is 456 g/mol. The molecule has 3 rings (SSSR count). The first-order valence-electron chi connectivity index (χ1n) is 11.8. The Morgan fingerprint density at radius 1 is 0.971 bits per heavy atom. The zero-order valence-corrected chi connectivity index (χ0v) is 20.0. The maximum Gasteiger partial charge on any atom is 0.387 e. The molecule has 0 unspecified atom stereocenters. The molecule has 7 nitrogen and oxygen atoms in total. The molecule has 0 radical (unpaired) electrons. The maximum atomic E-state index is 13.0. The topological polar surface area (TPSA) is 80.2 Å². The number of nitrogens with zero attached hydrogens (tertiary/aromatic N) is 2. The highest BCUT2D eigenvalue weighted by atomic mass is 19.3. The fraction of sp³-hybridized carbons (Fsp3) is 0.423. The highest BCUT2D eigenvalue weighted by molar-refractivity contribution is 6.07. The lowest BCUT2D eigenvalue weighted by atomic mass is 9.92. The Kier molecular flexibility index (Phi) is 9.17. The smallest absolute Gasteiger partial charge is 0.387 e. The molecule has 1 aliphatic heterocycles. The zero-order valence-electron chi connectivity index (χ0n) is 20.0. The lowest BCUT2D eigenvalue weighted by Crippen LogP contribution is -2.40. The largest absolute Gasteiger partial charge is 0.494 e. The summed E-state index contributed by atoms with van der Waals surface area (Å²) >= 11 is 0. The molecule has 0 spiro atoms. The molecule has 1 saturated heterocycles. The van der Waals surface area contributed by atoms with Crippen molar-refractivity contribution in [2.24, 2.45) is 5.10 Å². The van der Waals surface area contributed by atoms with Crippen LogP contribution in [-0.4, -0.2) is 36.4 Å². The number of carbonyl (C=O) groups is 2. The molecule has 1 heterocycles. The molecule has 0 aromatic heterocycles. The first-order valence-corrected chi connectivity index (χ1v) is 11.8. The van der Waals surface area contributed by atoms with Crippen LogP contribution in [0.25, 0.3) is 0 Å². The number of hydrogen-bond acceptors (Lipinski definition) is 5. The number of amides is 3. The summed E-state index contributed by atoms with van der Waals surface area (Å²) in [7, 11) is 0. The number of benzene rings is 2. The normalized spacial score (nSPS) is 17.9. The van der Waals surface area contributed by atoms with Crippen LogP contribution in [0.4, 0.5) is 13.6 Å². The maximum absolute atomic E-state index is 13.0. The summed E-state index contributed by atoms with van der Waals surface area (Å²) in [6, 6.07) is 12.1. The number of ether oxygens (including phenoxy) is 2. The Morgan fingerprint density at radius 3 is 2.26 bits per heavy atom. The lowest BCUT2D eigenvalue weighted by Gasteiger charge is -2.21. The van der Waals surface area contributed by atoms with Crippen molar-refractivity contribution in [3.05, 3.63) is 59.7 Å². The van der Waals surface area contributed by atoms with Crippen molar-refractivity contribution in [1.82, 2.24) is 10.3 Å². The molecule has 0 saturated carbocycles. The second-order valence-electron chi connectivity index (χ2n) is 8.50. The average Bonchev–Trinajstić information content (AvgIpc) is 3.06. The number of halogens is 2. The summed E-state index contributed by atoms with van der Waals surface area (Å²) in [6.07, 6.45) is 8.59. The lowest BCUT2D eigenvalue weighted by molar-refractivity contribution is -0.131. The van der Waals surface area contributed by atoms with Gasteiger partial charge in [0.25, 0.3) is 5.91 Å². The van der Waals surface area contributed by atoms with Gasteiger partial charge >= 0.3 is 12.6 Å². The van der Waals surface area contributed by atoms with Crippen LogP contribution in [-0.2, 0) is 10.3 Å². The third kappa shape index (κ3) is 7.00. The Hall–Kier alpha value is -3.49. The van der Waals surface area contributed by atoms with Crippen molar-refractivity contribution in [1.29, 1.82) is 0 Å². The molecule has 1 fully saturated rings. The number of hydrogen-bond donors (Lipinski definition) is 1. The summed E-state index contributed by atoms with van der Waals surface area (Å²) < 4.78 is 34.8. The van der Waals surface area contributed by atoms with Gasteiger partial charge in [-0.25, -0.2) is 4.79 Å². The van der Waals surface area contributed by atoms with Gasteiger partial charge in [0.2, 0.25) is 0 Å². The molecule has 1 aliphatic rings. The Balaban J connectivity index is 1.55. The molecule has 35 heavy (non-hydrogen) atoms.